The minimum Gasteiger partial charge on any atom is -0.396 e. The molecule has 0 heterocycles. The van der Waals surface area contributed by atoms with Crippen LogP contribution in [0.4, 0.5) is 0 Å². The van der Waals surface area contributed by atoms with Gasteiger partial charge in [-0.05, 0) is 19.3 Å². The van der Waals surface area contributed by atoms with Crippen LogP contribution in [-0.2, 0) is 0 Å². The second kappa shape index (κ2) is 7.76. The van der Waals surface area contributed by atoms with Crippen LogP contribution in [0.1, 0.15) is 32.6 Å². The van der Waals surface area contributed by atoms with Crippen molar-refractivity contribution < 1.29 is 10.2 Å². The Labute approximate surface area is 68.6 Å². The average Bonchev–Trinajstić information content (AvgIpc) is 1.99. The van der Waals surface area contributed by atoms with Crippen molar-refractivity contribution >= 4 is 0 Å². The standard InChI is InChI=1S/C9H18O2/c1-2-6-9(11)7-4-3-5-8-10/h4,7,9-11H,2-3,5-6,8H2,1H3/b7-4+. The summed E-state index contributed by atoms with van der Waals surface area (Å²) in [6.45, 7) is 2.28. The van der Waals surface area contributed by atoms with E-state index in [1.54, 1.807) is 6.08 Å². The molecule has 0 aliphatic heterocycles. The van der Waals surface area contributed by atoms with E-state index >= 15 is 0 Å². The largest absolute Gasteiger partial charge is 0.396 e. The predicted molar refractivity (Wildman–Crippen MR) is 46.4 cm³/mol. The highest BCUT2D eigenvalue weighted by atomic mass is 16.3. The van der Waals surface area contributed by atoms with E-state index in [4.69, 9.17) is 5.11 Å². The third-order valence-electron chi connectivity index (χ3n) is 1.47. The van der Waals surface area contributed by atoms with Gasteiger partial charge in [-0.25, -0.2) is 0 Å². The van der Waals surface area contributed by atoms with Gasteiger partial charge in [-0.1, -0.05) is 25.5 Å². The highest BCUT2D eigenvalue weighted by Gasteiger charge is 1.93. The molecule has 0 aromatic carbocycles. The number of aliphatic hydroxyl groups is 2. The maximum absolute atomic E-state index is 9.20. The number of hydrogen-bond donors (Lipinski definition) is 2. The SMILES string of the molecule is CCCC(O)/C=C/CCCO. The predicted octanol–water partition coefficient (Wildman–Crippen LogP) is 1.48. The fourth-order valence-electron chi connectivity index (χ4n) is 0.854. The van der Waals surface area contributed by atoms with Crippen LogP contribution in [0.5, 0.6) is 0 Å². The van der Waals surface area contributed by atoms with E-state index in [-0.39, 0.29) is 12.7 Å². The van der Waals surface area contributed by atoms with Gasteiger partial charge in [0.25, 0.3) is 0 Å². The minimum absolute atomic E-state index is 0.230. The Morgan fingerprint density at radius 3 is 2.73 bits per heavy atom. The zero-order valence-electron chi connectivity index (χ0n) is 7.16. The molecule has 0 aliphatic rings. The summed E-state index contributed by atoms with van der Waals surface area (Å²) in [5, 5.41) is 17.6. The van der Waals surface area contributed by atoms with E-state index in [9.17, 15) is 5.11 Å². The zero-order valence-corrected chi connectivity index (χ0v) is 7.16. The van der Waals surface area contributed by atoms with Crippen molar-refractivity contribution in [3.63, 3.8) is 0 Å². The number of allylic oxidation sites excluding steroid dienone is 1. The van der Waals surface area contributed by atoms with Gasteiger partial charge in [0.05, 0.1) is 6.10 Å². The molecule has 0 saturated carbocycles. The van der Waals surface area contributed by atoms with Gasteiger partial charge in [-0.2, -0.15) is 0 Å². The Bertz CT molecular complexity index is 99.7. The second-order valence-electron chi connectivity index (χ2n) is 2.65. The summed E-state index contributed by atoms with van der Waals surface area (Å²) < 4.78 is 0. The molecule has 0 radical (unpaired) electrons. The Morgan fingerprint density at radius 2 is 2.18 bits per heavy atom. The topological polar surface area (TPSA) is 40.5 Å². The molecule has 1 unspecified atom stereocenters. The van der Waals surface area contributed by atoms with E-state index in [0.717, 1.165) is 25.7 Å². The summed E-state index contributed by atoms with van der Waals surface area (Å²) in [5.74, 6) is 0. The lowest BCUT2D eigenvalue weighted by molar-refractivity contribution is 0.211. The van der Waals surface area contributed by atoms with Gasteiger partial charge in [0.15, 0.2) is 0 Å². The van der Waals surface area contributed by atoms with Crippen molar-refractivity contribution in [1.29, 1.82) is 0 Å². The monoisotopic (exact) mass is 158 g/mol. The molecule has 2 N–H and O–H groups in total. The van der Waals surface area contributed by atoms with E-state index < -0.39 is 0 Å². The lowest BCUT2D eigenvalue weighted by Gasteiger charge is -2.00. The summed E-state index contributed by atoms with van der Waals surface area (Å²) in [6, 6.07) is 0. The first-order valence-electron chi connectivity index (χ1n) is 4.26. The normalized spacial score (nSPS) is 14.1. The van der Waals surface area contributed by atoms with E-state index in [1.165, 1.54) is 0 Å². The van der Waals surface area contributed by atoms with Gasteiger partial charge >= 0.3 is 0 Å². The smallest absolute Gasteiger partial charge is 0.0720 e. The highest BCUT2D eigenvalue weighted by Crippen LogP contribution is 1.99. The summed E-state index contributed by atoms with van der Waals surface area (Å²) in [5.41, 5.74) is 0. The summed E-state index contributed by atoms with van der Waals surface area (Å²) in [4.78, 5) is 0. The maximum Gasteiger partial charge on any atom is 0.0720 e. The van der Waals surface area contributed by atoms with Crippen LogP contribution in [0.25, 0.3) is 0 Å². The van der Waals surface area contributed by atoms with Crippen LogP contribution >= 0.6 is 0 Å². The van der Waals surface area contributed by atoms with Gasteiger partial charge in [-0.15, -0.1) is 0 Å². The van der Waals surface area contributed by atoms with Crippen LogP contribution in [0.3, 0.4) is 0 Å². The molecule has 0 aromatic rings. The Kier molecular flexibility index (Phi) is 7.52. The Hall–Kier alpha value is -0.340. The van der Waals surface area contributed by atoms with Crippen LogP contribution in [-0.4, -0.2) is 22.9 Å². The van der Waals surface area contributed by atoms with Crippen molar-refractivity contribution in [3.05, 3.63) is 12.2 Å². The average molecular weight is 158 g/mol. The minimum atomic E-state index is -0.293. The molecule has 0 saturated heterocycles. The van der Waals surface area contributed by atoms with E-state index in [2.05, 4.69) is 0 Å². The first-order chi connectivity index (χ1) is 5.31. The molecule has 1 atom stereocenters. The number of aliphatic hydroxyl groups excluding tert-OH is 2. The highest BCUT2D eigenvalue weighted by molar-refractivity contribution is 4.87. The Balaban J connectivity index is 3.24. The second-order valence-corrected chi connectivity index (χ2v) is 2.65. The molecule has 0 aromatic heterocycles. The lowest BCUT2D eigenvalue weighted by atomic mass is 10.2. The Morgan fingerprint density at radius 1 is 1.45 bits per heavy atom. The first-order valence-corrected chi connectivity index (χ1v) is 4.26. The first kappa shape index (κ1) is 10.7. The van der Waals surface area contributed by atoms with Gasteiger partial charge in [0.1, 0.15) is 0 Å². The van der Waals surface area contributed by atoms with Crippen molar-refractivity contribution in [1.82, 2.24) is 0 Å². The molecule has 2 heteroatoms. The van der Waals surface area contributed by atoms with Gasteiger partial charge in [-0.3, -0.25) is 0 Å². The molecule has 2 nitrogen and oxygen atoms in total. The molecule has 66 valence electrons. The van der Waals surface area contributed by atoms with Crippen molar-refractivity contribution in [2.75, 3.05) is 6.61 Å². The van der Waals surface area contributed by atoms with Crippen molar-refractivity contribution in [2.24, 2.45) is 0 Å². The van der Waals surface area contributed by atoms with Crippen LogP contribution < -0.4 is 0 Å². The number of unbranched alkanes of at least 4 members (excludes halogenated alkanes) is 1. The van der Waals surface area contributed by atoms with Crippen LogP contribution in [0.15, 0.2) is 12.2 Å². The van der Waals surface area contributed by atoms with E-state index in [0.29, 0.717) is 0 Å². The van der Waals surface area contributed by atoms with Crippen LogP contribution in [0.2, 0.25) is 0 Å². The summed E-state index contributed by atoms with van der Waals surface area (Å²) >= 11 is 0. The third-order valence-corrected chi connectivity index (χ3v) is 1.47. The third kappa shape index (κ3) is 7.56. The fraction of sp³-hybridized carbons (Fsp3) is 0.778. The van der Waals surface area contributed by atoms with Gasteiger partial charge < -0.3 is 10.2 Å². The fourth-order valence-corrected chi connectivity index (χ4v) is 0.854. The quantitative estimate of drug-likeness (QED) is 0.454. The summed E-state index contributed by atoms with van der Waals surface area (Å²) in [7, 11) is 0. The lowest BCUT2D eigenvalue weighted by Crippen LogP contribution is -1.99. The van der Waals surface area contributed by atoms with Crippen LogP contribution in [0, 0.1) is 0 Å². The number of hydrogen-bond acceptors (Lipinski definition) is 2. The van der Waals surface area contributed by atoms with Crippen molar-refractivity contribution in [3.8, 4) is 0 Å². The molecule has 0 amide bonds. The summed E-state index contributed by atoms with van der Waals surface area (Å²) in [6.07, 6.45) is 6.92. The molecule has 11 heavy (non-hydrogen) atoms. The zero-order chi connectivity index (χ0) is 8.53. The molecular weight excluding hydrogens is 140 g/mol. The molecule has 0 rings (SSSR count). The van der Waals surface area contributed by atoms with Crippen molar-refractivity contribution in [2.45, 2.75) is 38.7 Å². The molecule has 0 aliphatic carbocycles. The molecule has 0 spiro atoms. The van der Waals surface area contributed by atoms with Gasteiger partial charge in [0, 0.05) is 6.61 Å². The molecule has 0 fully saturated rings. The van der Waals surface area contributed by atoms with E-state index in [1.807, 2.05) is 13.0 Å². The molecule has 0 bridgehead atoms. The number of rotatable bonds is 6. The van der Waals surface area contributed by atoms with Gasteiger partial charge in [0.2, 0.25) is 0 Å². The maximum atomic E-state index is 9.20. The molecular formula is C9H18O2.